The number of nitrogens with zero attached hydrogens (tertiary/aromatic N) is 3. The molecule has 0 atom stereocenters. The van der Waals surface area contributed by atoms with Gasteiger partial charge in [-0.05, 0) is 67.1 Å². The zero-order valence-corrected chi connectivity index (χ0v) is 19.6. The summed E-state index contributed by atoms with van der Waals surface area (Å²) < 4.78 is 29.5. The molecule has 0 aliphatic rings. The number of anilines is 1. The molecule has 0 aliphatic carbocycles. The third-order valence-corrected chi connectivity index (χ3v) is 6.89. The molecule has 0 bridgehead atoms. The Morgan fingerprint density at radius 2 is 1.82 bits per heavy atom. The van der Waals surface area contributed by atoms with Crippen molar-refractivity contribution in [3.8, 4) is 5.82 Å². The van der Waals surface area contributed by atoms with Crippen LogP contribution in [0.15, 0.2) is 71.9 Å². The van der Waals surface area contributed by atoms with E-state index in [0.29, 0.717) is 0 Å². The van der Waals surface area contributed by atoms with Gasteiger partial charge in [-0.15, -0.1) is 0 Å². The van der Waals surface area contributed by atoms with Gasteiger partial charge in [0.25, 0.3) is 10.0 Å². The van der Waals surface area contributed by atoms with E-state index in [0.717, 1.165) is 26.7 Å². The fourth-order valence-corrected chi connectivity index (χ4v) is 5.39. The van der Waals surface area contributed by atoms with E-state index in [4.69, 9.17) is 28.3 Å². The fraction of sp³-hybridized carbons (Fsp3) is 0.0909. The van der Waals surface area contributed by atoms with Gasteiger partial charge < -0.3 is 9.67 Å². The first-order valence-electron chi connectivity index (χ1n) is 9.66. The third kappa shape index (κ3) is 4.81. The molecule has 2 aromatic carbocycles. The van der Waals surface area contributed by atoms with Crippen LogP contribution in [0.1, 0.15) is 5.56 Å². The largest absolute Gasteiger partial charge is 0.480 e. The molecule has 0 amide bonds. The van der Waals surface area contributed by atoms with Crippen molar-refractivity contribution < 1.29 is 18.3 Å². The lowest BCUT2D eigenvalue weighted by atomic mass is 10.2. The molecular weight excluding hydrogens is 487 g/mol. The predicted molar refractivity (Wildman–Crippen MR) is 128 cm³/mol. The minimum Gasteiger partial charge on any atom is -0.480 e. The van der Waals surface area contributed by atoms with Crippen molar-refractivity contribution in [1.82, 2.24) is 15.0 Å². The number of fused-ring (bicyclic) bond motifs is 1. The summed E-state index contributed by atoms with van der Waals surface area (Å²) >= 11 is 12.0. The van der Waals surface area contributed by atoms with Crippen LogP contribution in [-0.2, 0) is 14.8 Å². The maximum atomic E-state index is 13.4. The van der Waals surface area contributed by atoms with Gasteiger partial charge in [-0.3, -0.25) is 4.79 Å². The van der Waals surface area contributed by atoms with Gasteiger partial charge in [0.2, 0.25) is 0 Å². The van der Waals surface area contributed by atoms with Crippen LogP contribution in [0.25, 0.3) is 16.7 Å². The zero-order valence-electron chi connectivity index (χ0n) is 17.2. The standard InChI is InChI=1S/C22H18Cl2N4O4S/c1-14-4-6-25-21(8-14)27-7-5-15-9-18(2-3-20(15)27)28(26-13-22(29)30)33(31,32)19-11-16(23)10-17(24)12-19/h2-12,26H,13H2,1H3,(H,29,30). The van der Waals surface area contributed by atoms with Crippen LogP contribution < -0.4 is 9.84 Å². The monoisotopic (exact) mass is 504 g/mol. The highest BCUT2D eigenvalue weighted by atomic mass is 35.5. The number of carboxylic acids is 1. The Morgan fingerprint density at radius 1 is 1.09 bits per heavy atom. The van der Waals surface area contributed by atoms with Crippen molar-refractivity contribution in [3.05, 3.63) is 82.6 Å². The molecule has 4 rings (SSSR count). The van der Waals surface area contributed by atoms with Gasteiger partial charge in [-0.25, -0.2) is 10.4 Å². The number of hydrogen-bond acceptors (Lipinski definition) is 5. The molecular formula is C22H18Cl2N4O4S. The average Bonchev–Trinajstić information content (AvgIpc) is 3.16. The van der Waals surface area contributed by atoms with E-state index in [-0.39, 0.29) is 20.6 Å². The summed E-state index contributed by atoms with van der Waals surface area (Å²) in [4.78, 5) is 15.4. The molecule has 4 aromatic rings. The quantitative estimate of drug-likeness (QED) is 0.361. The number of hydrazine groups is 1. The molecule has 0 fully saturated rings. The number of aromatic nitrogens is 2. The molecule has 11 heteroatoms. The number of halogens is 2. The second-order valence-corrected chi connectivity index (χ2v) is 9.88. The normalized spacial score (nSPS) is 11.6. The van der Waals surface area contributed by atoms with Crippen molar-refractivity contribution in [2.75, 3.05) is 11.0 Å². The number of pyridine rings is 1. The molecule has 0 aliphatic heterocycles. The minimum absolute atomic E-state index is 0.137. The van der Waals surface area contributed by atoms with Crippen molar-refractivity contribution >= 4 is 55.8 Å². The maximum absolute atomic E-state index is 13.4. The van der Waals surface area contributed by atoms with Gasteiger partial charge in [0, 0.05) is 27.8 Å². The molecule has 170 valence electrons. The third-order valence-electron chi connectivity index (χ3n) is 4.80. The molecule has 0 radical (unpaired) electrons. The summed E-state index contributed by atoms with van der Waals surface area (Å²) in [6.07, 6.45) is 3.54. The van der Waals surface area contributed by atoms with E-state index in [1.165, 1.54) is 18.2 Å². The number of nitrogens with one attached hydrogen (secondary N) is 1. The average molecular weight is 505 g/mol. The van der Waals surface area contributed by atoms with Crippen LogP contribution in [0.3, 0.4) is 0 Å². The Kier molecular flexibility index (Phi) is 6.31. The Labute approximate surface area is 200 Å². The molecule has 2 aromatic heterocycles. The van der Waals surface area contributed by atoms with Gasteiger partial charge >= 0.3 is 5.97 Å². The summed E-state index contributed by atoms with van der Waals surface area (Å²) in [5.74, 6) is -0.503. The smallest absolute Gasteiger partial charge is 0.319 e. The minimum atomic E-state index is -4.24. The van der Waals surface area contributed by atoms with Gasteiger partial charge in [0.1, 0.15) is 12.4 Å². The Hall–Kier alpha value is -3.11. The van der Waals surface area contributed by atoms with E-state index in [9.17, 15) is 13.2 Å². The molecule has 33 heavy (non-hydrogen) atoms. The van der Waals surface area contributed by atoms with Crippen LogP contribution >= 0.6 is 23.2 Å². The highest BCUT2D eigenvalue weighted by Crippen LogP contribution is 2.30. The highest BCUT2D eigenvalue weighted by molar-refractivity contribution is 7.92. The van der Waals surface area contributed by atoms with Crippen LogP contribution in [0.4, 0.5) is 5.69 Å². The van der Waals surface area contributed by atoms with E-state index < -0.39 is 22.5 Å². The Bertz CT molecular complexity index is 1450. The number of aliphatic carboxylic acids is 1. The van der Waals surface area contributed by atoms with E-state index in [1.54, 1.807) is 24.4 Å². The number of benzene rings is 2. The van der Waals surface area contributed by atoms with Gasteiger partial charge in [0.05, 0.1) is 16.1 Å². The predicted octanol–water partition coefficient (Wildman–Crippen LogP) is 4.43. The molecule has 0 saturated carbocycles. The topological polar surface area (TPSA) is 105 Å². The lowest BCUT2D eigenvalue weighted by Gasteiger charge is -2.24. The lowest BCUT2D eigenvalue weighted by Crippen LogP contribution is -2.45. The fourth-order valence-electron chi connectivity index (χ4n) is 3.35. The number of rotatable bonds is 7. The first kappa shape index (κ1) is 23.1. The van der Waals surface area contributed by atoms with Crippen LogP contribution in [0, 0.1) is 6.92 Å². The second kappa shape index (κ2) is 9.03. The summed E-state index contributed by atoms with van der Waals surface area (Å²) in [5, 5.41) is 10.1. The molecule has 0 unspecified atom stereocenters. The van der Waals surface area contributed by atoms with E-state index in [1.807, 2.05) is 35.9 Å². The molecule has 2 heterocycles. The van der Waals surface area contributed by atoms with E-state index in [2.05, 4.69) is 10.4 Å². The molecule has 8 nitrogen and oxygen atoms in total. The maximum Gasteiger partial charge on any atom is 0.319 e. The summed E-state index contributed by atoms with van der Waals surface area (Å²) in [7, 11) is -4.24. The summed E-state index contributed by atoms with van der Waals surface area (Å²) in [5.41, 5.74) is 4.54. The molecule has 0 spiro atoms. The first-order chi connectivity index (χ1) is 15.6. The van der Waals surface area contributed by atoms with Crippen LogP contribution in [-0.4, -0.2) is 35.6 Å². The number of hydrogen-bond donors (Lipinski definition) is 2. The SMILES string of the molecule is Cc1ccnc(-n2ccc3cc(N(NCC(=O)O)S(=O)(=O)c4cc(Cl)cc(Cl)c4)ccc32)c1. The summed E-state index contributed by atoms with van der Waals surface area (Å²) in [6, 6.07) is 14.5. The summed E-state index contributed by atoms with van der Waals surface area (Å²) in [6.45, 7) is 1.34. The second-order valence-electron chi connectivity index (χ2n) is 7.22. The van der Waals surface area contributed by atoms with Gasteiger partial charge in [-0.1, -0.05) is 23.2 Å². The number of sulfonamides is 1. The molecule has 0 saturated heterocycles. The number of carboxylic acid groups (broad SMARTS) is 1. The van der Waals surface area contributed by atoms with Gasteiger partial charge in [-0.2, -0.15) is 12.8 Å². The van der Waals surface area contributed by atoms with Gasteiger partial charge in [0.15, 0.2) is 0 Å². The first-order valence-corrected chi connectivity index (χ1v) is 11.9. The highest BCUT2D eigenvalue weighted by Gasteiger charge is 2.27. The lowest BCUT2D eigenvalue weighted by molar-refractivity contribution is -0.135. The van der Waals surface area contributed by atoms with Crippen molar-refractivity contribution in [1.29, 1.82) is 0 Å². The Balaban J connectivity index is 1.80. The molecule has 2 N–H and O–H groups in total. The zero-order chi connectivity index (χ0) is 23.8. The Morgan fingerprint density at radius 3 is 2.48 bits per heavy atom. The van der Waals surface area contributed by atoms with Crippen LogP contribution in [0.5, 0.6) is 0 Å². The van der Waals surface area contributed by atoms with Crippen molar-refractivity contribution in [3.63, 3.8) is 0 Å². The van der Waals surface area contributed by atoms with Crippen LogP contribution in [0.2, 0.25) is 10.0 Å². The number of aryl methyl sites for hydroxylation is 1. The van der Waals surface area contributed by atoms with E-state index >= 15 is 0 Å². The number of carbonyl (C=O) groups is 1. The van der Waals surface area contributed by atoms with Crippen molar-refractivity contribution in [2.45, 2.75) is 11.8 Å². The van der Waals surface area contributed by atoms with Crippen molar-refractivity contribution in [2.24, 2.45) is 0 Å².